The molecule has 2 aromatic carbocycles. The molecule has 0 saturated heterocycles. The molecule has 0 amide bonds. The Morgan fingerprint density at radius 1 is 0.675 bits per heavy atom. The molecule has 0 fully saturated rings. The Morgan fingerprint density at radius 3 is 1.48 bits per heavy atom. The lowest BCUT2D eigenvalue weighted by Gasteiger charge is -2.01. The third-order valence-corrected chi connectivity index (χ3v) is 5.52. The van der Waals surface area contributed by atoms with E-state index < -0.39 is 13.1 Å². The fourth-order valence-electron chi connectivity index (χ4n) is 2.98. The van der Waals surface area contributed by atoms with Gasteiger partial charge in [-0.1, -0.05) is 24.3 Å². The van der Waals surface area contributed by atoms with Gasteiger partial charge in [0.1, 0.15) is 5.76 Å². The van der Waals surface area contributed by atoms with Crippen molar-refractivity contribution >= 4 is 52.0 Å². The van der Waals surface area contributed by atoms with Gasteiger partial charge in [0.2, 0.25) is 0 Å². The van der Waals surface area contributed by atoms with Gasteiger partial charge in [0.05, 0.1) is 25.3 Å². The summed E-state index contributed by atoms with van der Waals surface area (Å²) in [6, 6.07) is 19.3. The van der Waals surface area contributed by atoms with Crippen LogP contribution in [-0.2, 0) is 9.47 Å². The number of esters is 2. The normalized spacial score (nSPS) is 9.78. The van der Waals surface area contributed by atoms with Crippen LogP contribution >= 0.6 is 15.9 Å². The number of carbonyl (C=O) groups excluding carboxylic acids is 4. The number of rotatable bonds is 6. The van der Waals surface area contributed by atoms with Crippen LogP contribution in [0.15, 0.2) is 86.3 Å². The number of benzene rings is 2. The zero-order valence-corrected chi connectivity index (χ0v) is 23.6. The van der Waals surface area contributed by atoms with Crippen molar-refractivity contribution in [2.75, 3.05) is 14.2 Å². The van der Waals surface area contributed by atoms with E-state index in [2.05, 4.69) is 25.4 Å². The Bertz CT molecular complexity index is 1440. The van der Waals surface area contributed by atoms with Gasteiger partial charge >= 0.3 is 19.1 Å². The highest BCUT2D eigenvalue weighted by molar-refractivity contribution is 9.10. The van der Waals surface area contributed by atoms with Crippen LogP contribution in [0.3, 0.4) is 0 Å². The minimum atomic E-state index is -1.51. The van der Waals surface area contributed by atoms with E-state index in [1.165, 1.54) is 52.3 Å². The molecule has 2 heterocycles. The Morgan fingerprint density at radius 2 is 1.12 bits per heavy atom. The van der Waals surface area contributed by atoms with Crippen LogP contribution < -0.4 is 5.46 Å². The summed E-state index contributed by atoms with van der Waals surface area (Å²) >= 11 is 3.08. The van der Waals surface area contributed by atoms with Gasteiger partial charge in [0.25, 0.3) is 0 Å². The van der Waals surface area contributed by atoms with E-state index >= 15 is 0 Å². The van der Waals surface area contributed by atoms with Crippen LogP contribution in [0.25, 0.3) is 11.3 Å². The first kappa shape index (κ1) is 32.0. The smallest absolute Gasteiger partial charge is 0.465 e. The van der Waals surface area contributed by atoms with E-state index in [0.29, 0.717) is 38.5 Å². The lowest BCUT2D eigenvalue weighted by molar-refractivity contribution is 0.0592. The van der Waals surface area contributed by atoms with Crippen molar-refractivity contribution in [3.05, 3.63) is 100 Å². The van der Waals surface area contributed by atoms with Gasteiger partial charge < -0.3 is 28.4 Å². The van der Waals surface area contributed by atoms with Crippen molar-refractivity contribution in [1.29, 1.82) is 0 Å². The Kier molecular flexibility index (Phi) is 12.3. The number of ketones is 2. The number of ether oxygens (including phenoxy) is 2. The molecule has 0 bridgehead atoms. The highest BCUT2D eigenvalue weighted by Crippen LogP contribution is 2.23. The molecule has 2 N–H and O–H groups in total. The zero-order chi connectivity index (χ0) is 29.8. The van der Waals surface area contributed by atoms with Crippen LogP contribution in [0, 0.1) is 0 Å². The Hall–Kier alpha value is -4.26. The summed E-state index contributed by atoms with van der Waals surface area (Å²) in [6.07, 6.45) is 0. The van der Waals surface area contributed by atoms with Gasteiger partial charge in [0, 0.05) is 19.4 Å². The van der Waals surface area contributed by atoms with Gasteiger partial charge in [-0.25, -0.2) is 9.59 Å². The number of carbonyl (C=O) groups is 4. The molecule has 12 heteroatoms. The van der Waals surface area contributed by atoms with Crippen molar-refractivity contribution in [2.45, 2.75) is 13.8 Å². The second kappa shape index (κ2) is 15.4. The van der Waals surface area contributed by atoms with Crippen molar-refractivity contribution in [3.8, 4) is 11.3 Å². The number of Topliss-reactive ketones (excluding diaryl/α,β-unsaturated/α-hetero) is 2. The Labute approximate surface area is 238 Å². The number of hydrogen-bond acceptors (Lipinski definition) is 10. The summed E-state index contributed by atoms with van der Waals surface area (Å²) in [7, 11) is 1.12. The van der Waals surface area contributed by atoms with Gasteiger partial charge in [-0.3, -0.25) is 9.59 Å². The summed E-state index contributed by atoms with van der Waals surface area (Å²) in [5.41, 5.74) is 1.99. The standard InChI is InChI=1S/C14H12O4.C8H9BO4.C6H5BrO2/c1-9(15)12-7-8-13(18-12)10-3-5-11(6-4-10)14(16)17-2;1-13-8(10)6-2-4-7(5-3-6)9(11)12;1-4(8)5-2-3-6(7)9-5/h3-8H,1-2H3;2-5,11-12H,1H3;2-3H,1H3. The van der Waals surface area contributed by atoms with Gasteiger partial charge in [-0.05, 0) is 69.9 Å². The van der Waals surface area contributed by atoms with Crippen LogP contribution in [0.1, 0.15) is 55.7 Å². The predicted molar refractivity (Wildman–Crippen MR) is 150 cm³/mol. The topological polar surface area (TPSA) is 153 Å². The second-order valence-electron chi connectivity index (χ2n) is 7.94. The molecule has 0 radical (unpaired) electrons. The summed E-state index contributed by atoms with van der Waals surface area (Å²) in [5, 5.41) is 17.5. The maximum absolute atomic E-state index is 11.3. The molecule has 10 nitrogen and oxygen atoms in total. The van der Waals surface area contributed by atoms with Gasteiger partial charge in [-0.15, -0.1) is 0 Å². The first-order chi connectivity index (χ1) is 19.0. The third kappa shape index (κ3) is 9.49. The second-order valence-corrected chi connectivity index (χ2v) is 8.72. The molecule has 0 saturated carbocycles. The quantitative estimate of drug-likeness (QED) is 0.183. The summed E-state index contributed by atoms with van der Waals surface area (Å²) < 4.78 is 20.0. The highest BCUT2D eigenvalue weighted by atomic mass is 79.9. The molecule has 40 heavy (non-hydrogen) atoms. The van der Waals surface area contributed by atoms with E-state index in [1.54, 1.807) is 48.5 Å². The van der Waals surface area contributed by atoms with Crippen molar-refractivity contribution in [2.24, 2.45) is 0 Å². The van der Waals surface area contributed by atoms with Crippen LogP contribution in [-0.4, -0.2) is 54.9 Å². The number of methoxy groups -OCH3 is 2. The molecule has 0 unspecified atom stereocenters. The zero-order valence-electron chi connectivity index (χ0n) is 22.0. The monoisotopic (exact) mass is 612 g/mol. The van der Waals surface area contributed by atoms with Crippen LogP contribution in [0.5, 0.6) is 0 Å². The number of furan rings is 2. The Balaban J connectivity index is 0.000000224. The van der Waals surface area contributed by atoms with Crippen LogP contribution in [0.2, 0.25) is 0 Å². The van der Waals surface area contributed by atoms with Gasteiger partial charge in [-0.2, -0.15) is 0 Å². The van der Waals surface area contributed by atoms with Crippen LogP contribution in [0.4, 0.5) is 0 Å². The van der Waals surface area contributed by atoms with E-state index in [1.807, 2.05) is 0 Å². The fraction of sp³-hybridized carbons (Fsp3) is 0.143. The summed E-state index contributed by atoms with van der Waals surface area (Å²) in [6.45, 7) is 2.91. The maximum atomic E-state index is 11.3. The van der Waals surface area contributed by atoms with Crippen molar-refractivity contribution in [1.82, 2.24) is 0 Å². The predicted octanol–water partition coefficient (Wildman–Crippen LogP) is 4.33. The maximum Gasteiger partial charge on any atom is 0.488 e. The molecular formula is C28H26BBrO10. The van der Waals surface area contributed by atoms with Crippen molar-refractivity contribution < 1.29 is 47.5 Å². The van der Waals surface area contributed by atoms with E-state index in [-0.39, 0.29) is 17.5 Å². The number of hydrogen-bond donors (Lipinski definition) is 2. The molecule has 0 aliphatic heterocycles. The number of halogens is 1. The first-order valence-electron chi connectivity index (χ1n) is 11.6. The van der Waals surface area contributed by atoms with E-state index in [4.69, 9.17) is 18.9 Å². The summed E-state index contributed by atoms with van der Waals surface area (Å²) in [4.78, 5) is 43.9. The minimum absolute atomic E-state index is 0.0549. The average molecular weight is 613 g/mol. The molecule has 4 rings (SSSR count). The molecular weight excluding hydrogens is 587 g/mol. The largest absolute Gasteiger partial charge is 0.488 e. The molecule has 208 valence electrons. The molecule has 4 aromatic rings. The SMILES string of the molecule is CC(=O)c1ccc(Br)o1.COC(=O)c1ccc(-c2ccc(C(C)=O)o2)cc1.COC(=O)c1ccc(B(O)O)cc1. The minimum Gasteiger partial charge on any atom is -0.465 e. The lowest BCUT2D eigenvalue weighted by atomic mass is 9.80. The third-order valence-electron chi connectivity index (χ3n) is 5.09. The summed E-state index contributed by atoms with van der Waals surface area (Å²) in [5.74, 6) is 0.304. The molecule has 0 aliphatic rings. The average Bonchev–Trinajstić information content (AvgIpc) is 3.63. The first-order valence-corrected chi connectivity index (χ1v) is 12.4. The highest BCUT2D eigenvalue weighted by Gasteiger charge is 2.12. The van der Waals surface area contributed by atoms with E-state index in [0.717, 1.165) is 5.56 Å². The van der Waals surface area contributed by atoms with Crippen molar-refractivity contribution in [3.63, 3.8) is 0 Å². The fourth-order valence-corrected chi connectivity index (χ4v) is 3.29. The molecule has 2 aromatic heterocycles. The molecule has 0 spiro atoms. The van der Waals surface area contributed by atoms with Gasteiger partial charge in [0.15, 0.2) is 27.8 Å². The molecule has 0 aliphatic carbocycles. The van der Waals surface area contributed by atoms with E-state index in [9.17, 15) is 19.2 Å². The molecule has 0 atom stereocenters. The lowest BCUT2D eigenvalue weighted by Crippen LogP contribution is -2.29.